The molecule has 3 rings (SSSR count). The number of nitrogens with zero attached hydrogens (tertiary/aromatic N) is 4. The third-order valence-corrected chi connectivity index (χ3v) is 4.61. The minimum absolute atomic E-state index is 0.327. The molecule has 1 atom stereocenters. The van der Waals surface area contributed by atoms with Gasteiger partial charge in [0, 0.05) is 19.6 Å². The van der Waals surface area contributed by atoms with Crippen LogP contribution in [0.3, 0.4) is 0 Å². The van der Waals surface area contributed by atoms with Crippen LogP contribution in [0.2, 0.25) is 0 Å². The Morgan fingerprint density at radius 2 is 2.08 bits per heavy atom. The van der Waals surface area contributed by atoms with Gasteiger partial charge in [-0.05, 0) is 43.9 Å². The van der Waals surface area contributed by atoms with Gasteiger partial charge in [-0.1, -0.05) is 12.1 Å². The molecule has 1 unspecified atom stereocenters. The van der Waals surface area contributed by atoms with Crippen LogP contribution < -0.4 is 4.74 Å². The lowest BCUT2D eigenvalue weighted by Gasteiger charge is -2.32. The molecule has 1 aromatic carbocycles. The van der Waals surface area contributed by atoms with Crippen molar-refractivity contribution in [1.29, 1.82) is 0 Å². The normalized spacial score (nSPS) is 17.8. The number of β-amino-alcohol motifs (C(OH)–C–C–N with tert-alkyl or cyclic N) is 1. The molecular formula is C18H26N4O2. The SMILES string of the molecule is Cc1ccc(C)c(OCC(O)CN2CCC(n3cncn3)CC2)c1. The lowest BCUT2D eigenvalue weighted by molar-refractivity contribution is 0.0548. The molecule has 0 aliphatic carbocycles. The number of aliphatic hydroxyl groups is 1. The maximum absolute atomic E-state index is 10.3. The van der Waals surface area contributed by atoms with E-state index in [1.54, 1.807) is 12.7 Å². The van der Waals surface area contributed by atoms with Gasteiger partial charge in [-0.2, -0.15) is 5.10 Å². The van der Waals surface area contributed by atoms with Crippen LogP contribution in [0.5, 0.6) is 5.75 Å². The van der Waals surface area contributed by atoms with Gasteiger partial charge in [-0.3, -0.25) is 0 Å². The van der Waals surface area contributed by atoms with Crippen molar-refractivity contribution in [1.82, 2.24) is 19.7 Å². The Hall–Kier alpha value is -1.92. The van der Waals surface area contributed by atoms with E-state index >= 15 is 0 Å². The van der Waals surface area contributed by atoms with Crippen LogP contribution in [-0.2, 0) is 0 Å². The molecule has 6 nitrogen and oxygen atoms in total. The van der Waals surface area contributed by atoms with Crippen molar-refractivity contribution in [2.24, 2.45) is 0 Å². The number of aliphatic hydroxyl groups excluding tert-OH is 1. The number of aromatic nitrogens is 3. The first-order valence-corrected chi connectivity index (χ1v) is 8.56. The lowest BCUT2D eigenvalue weighted by atomic mass is 10.1. The molecule has 1 fully saturated rings. The van der Waals surface area contributed by atoms with Gasteiger partial charge in [0.05, 0.1) is 6.04 Å². The van der Waals surface area contributed by atoms with Crippen LogP contribution in [0.1, 0.15) is 30.0 Å². The second kappa shape index (κ2) is 7.77. The Morgan fingerprint density at radius 1 is 1.29 bits per heavy atom. The number of ether oxygens (including phenoxy) is 1. The highest BCUT2D eigenvalue weighted by Crippen LogP contribution is 2.22. The van der Waals surface area contributed by atoms with Gasteiger partial charge in [-0.15, -0.1) is 0 Å². The van der Waals surface area contributed by atoms with Crippen molar-refractivity contribution in [2.45, 2.75) is 38.8 Å². The molecule has 0 bridgehead atoms. The highest BCUT2D eigenvalue weighted by atomic mass is 16.5. The summed E-state index contributed by atoms with van der Waals surface area (Å²) in [5.41, 5.74) is 2.27. The molecule has 2 aromatic rings. The van der Waals surface area contributed by atoms with E-state index in [9.17, 15) is 5.11 Å². The van der Waals surface area contributed by atoms with E-state index < -0.39 is 6.10 Å². The molecule has 0 saturated carbocycles. The van der Waals surface area contributed by atoms with Crippen LogP contribution in [0.4, 0.5) is 0 Å². The number of hydrogen-bond donors (Lipinski definition) is 1. The van der Waals surface area contributed by atoms with Crippen molar-refractivity contribution in [3.05, 3.63) is 42.0 Å². The van der Waals surface area contributed by atoms with Crippen LogP contribution >= 0.6 is 0 Å². The van der Waals surface area contributed by atoms with E-state index in [-0.39, 0.29) is 0 Å². The standard InChI is InChI=1S/C18H26N4O2/c1-14-3-4-15(2)18(9-14)24-11-17(23)10-21-7-5-16(6-8-21)22-13-19-12-20-22/h3-4,9,12-13,16-17,23H,5-8,10-11H2,1-2H3. The molecule has 1 aliphatic rings. The molecule has 1 saturated heterocycles. The Labute approximate surface area is 143 Å². The van der Waals surface area contributed by atoms with Gasteiger partial charge < -0.3 is 14.7 Å². The van der Waals surface area contributed by atoms with E-state index in [0.717, 1.165) is 37.2 Å². The molecule has 1 aliphatic heterocycles. The molecule has 2 heterocycles. The zero-order valence-electron chi connectivity index (χ0n) is 14.4. The number of aryl methyl sites for hydroxylation is 2. The molecule has 0 spiro atoms. The number of piperidine rings is 1. The fourth-order valence-electron chi connectivity index (χ4n) is 3.17. The second-order valence-corrected chi connectivity index (χ2v) is 6.64. The summed E-state index contributed by atoms with van der Waals surface area (Å²) in [6, 6.07) is 6.56. The average Bonchev–Trinajstić information content (AvgIpc) is 3.11. The Morgan fingerprint density at radius 3 is 2.79 bits per heavy atom. The fraction of sp³-hybridized carbons (Fsp3) is 0.556. The van der Waals surface area contributed by atoms with Gasteiger partial charge in [0.2, 0.25) is 0 Å². The summed E-state index contributed by atoms with van der Waals surface area (Å²) in [6.45, 7) is 6.97. The number of benzene rings is 1. The van der Waals surface area contributed by atoms with Gasteiger partial charge >= 0.3 is 0 Å². The van der Waals surface area contributed by atoms with Crippen LogP contribution in [0.25, 0.3) is 0 Å². The molecule has 130 valence electrons. The van der Waals surface area contributed by atoms with Crippen molar-refractivity contribution < 1.29 is 9.84 Å². The van der Waals surface area contributed by atoms with Crippen LogP contribution in [-0.4, -0.2) is 57.1 Å². The van der Waals surface area contributed by atoms with E-state index in [4.69, 9.17) is 4.74 Å². The van der Waals surface area contributed by atoms with E-state index in [0.29, 0.717) is 19.2 Å². The third-order valence-electron chi connectivity index (χ3n) is 4.61. The Balaban J connectivity index is 1.43. The van der Waals surface area contributed by atoms with Crippen molar-refractivity contribution in [2.75, 3.05) is 26.2 Å². The summed E-state index contributed by atoms with van der Waals surface area (Å²) in [4.78, 5) is 6.31. The molecular weight excluding hydrogens is 304 g/mol. The monoisotopic (exact) mass is 330 g/mol. The second-order valence-electron chi connectivity index (χ2n) is 6.64. The summed E-state index contributed by atoms with van der Waals surface area (Å²) in [5.74, 6) is 0.860. The van der Waals surface area contributed by atoms with E-state index in [1.807, 2.05) is 30.7 Å². The third kappa shape index (κ3) is 4.33. The summed E-state index contributed by atoms with van der Waals surface area (Å²) in [5, 5.41) is 14.5. The topological polar surface area (TPSA) is 63.4 Å². The van der Waals surface area contributed by atoms with Gasteiger partial charge in [-0.25, -0.2) is 9.67 Å². The minimum Gasteiger partial charge on any atom is -0.491 e. The summed E-state index contributed by atoms with van der Waals surface area (Å²) < 4.78 is 7.74. The van der Waals surface area contributed by atoms with Crippen LogP contribution in [0, 0.1) is 13.8 Å². The van der Waals surface area contributed by atoms with Gasteiger partial charge in [0.15, 0.2) is 0 Å². The Bertz CT molecular complexity index is 636. The zero-order chi connectivity index (χ0) is 16.9. The summed E-state index contributed by atoms with van der Waals surface area (Å²) in [6.07, 6.45) is 4.96. The number of rotatable bonds is 6. The highest BCUT2D eigenvalue weighted by molar-refractivity contribution is 5.35. The molecule has 1 N–H and O–H groups in total. The van der Waals surface area contributed by atoms with Gasteiger partial charge in [0.25, 0.3) is 0 Å². The van der Waals surface area contributed by atoms with E-state index in [1.165, 1.54) is 5.56 Å². The quantitative estimate of drug-likeness (QED) is 0.877. The zero-order valence-corrected chi connectivity index (χ0v) is 14.4. The van der Waals surface area contributed by atoms with Crippen LogP contribution in [0.15, 0.2) is 30.9 Å². The average molecular weight is 330 g/mol. The first kappa shape index (κ1) is 16.9. The first-order valence-electron chi connectivity index (χ1n) is 8.56. The maximum atomic E-state index is 10.3. The molecule has 1 aromatic heterocycles. The predicted octanol–water partition coefficient (Wildman–Crippen LogP) is 1.97. The molecule has 0 amide bonds. The maximum Gasteiger partial charge on any atom is 0.137 e. The molecule has 0 radical (unpaired) electrons. The smallest absolute Gasteiger partial charge is 0.137 e. The Kier molecular flexibility index (Phi) is 5.48. The first-order chi connectivity index (χ1) is 11.6. The minimum atomic E-state index is -0.479. The predicted molar refractivity (Wildman–Crippen MR) is 92.2 cm³/mol. The van der Waals surface area contributed by atoms with Crippen molar-refractivity contribution in [3.63, 3.8) is 0 Å². The lowest BCUT2D eigenvalue weighted by Crippen LogP contribution is -2.41. The largest absolute Gasteiger partial charge is 0.491 e. The summed E-state index contributed by atoms with van der Waals surface area (Å²) >= 11 is 0. The number of hydrogen-bond acceptors (Lipinski definition) is 5. The van der Waals surface area contributed by atoms with E-state index in [2.05, 4.69) is 21.0 Å². The summed E-state index contributed by atoms with van der Waals surface area (Å²) in [7, 11) is 0. The van der Waals surface area contributed by atoms with Crippen molar-refractivity contribution >= 4 is 0 Å². The highest BCUT2D eigenvalue weighted by Gasteiger charge is 2.22. The fourth-order valence-corrected chi connectivity index (χ4v) is 3.17. The molecule has 6 heteroatoms. The number of likely N-dealkylation sites (tertiary alicyclic amines) is 1. The van der Waals surface area contributed by atoms with Gasteiger partial charge in [0.1, 0.15) is 31.1 Å². The van der Waals surface area contributed by atoms with Crippen molar-refractivity contribution in [3.8, 4) is 5.75 Å². The molecule has 24 heavy (non-hydrogen) atoms.